The Balaban J connectivity index is 1.71. The maximum absolute atomic E-state index is 13.7. The second-order valence-corrected chi connectivity index (χ2v) is 8.37. The van der Waals surface area contributed by atoms with Crippen molar-refractivity contribution in [1.29, 1.82) is 0 Å². The fourth-order valence-electron chi connectivity index (χ4n) is 5.16. The van der Waals surface area contributed by atoms with Crippen LogP contribution in [0.2, 0.25) is 0 Å². The molecule has 0 atom stereocenters. The highest BCUT2D eigenvalue weighted by atomic mass is 16.2. The number of amides is 1. The van der Waals surface area contributed by atoms with Crippen molar-refractivity contribution in [3.05, 3.63) is 94.5 Å². The summed E-state index contributed by atoms with van der Waals surface area (Å²) in [7, 11) is 0. The maximum atomic E-state index is 13.7. The third-order valence-corrected chi connectivity index (χ3v) is 6.50. The standard InChI is InChI=1S/C26H25NO/c1-17(2)20-12-11-18-15-19(20)13-14-26(25(28)27-16-18)23-9-5-3-7-21(23)22-8-4-6-10-24(22)26/h3-12,15,17H,13-14,16H2,1-2H3,(H,27,28). The van der Waals surface area contributed by atoms with E-state index < -0.39 is 5.41 Å². The molecule has 28 heavy (non-hydrogen) atoms. The Morgan fingerprint density at radius 1 is 0.893 bits per heavy atom. The van der Waals surface area contributed by atoms with Crippen molar-refractivity contribution >= 4 is 5.91 Å². The fraction of sp³-hybridized carbons (Fsp3) is 0.269. The van der Waals surface area contributed by atoms with Gasteiger partial charge in [-0.15, -0.1) is 0 Å². The van der Waals surface area contributed by atoms with Gasteiger partial charge in [-0.05, 0) is 57.7 Å². The molecule has 1 spiro atoms. The minimum Gasteiger partial charge on any atom is -0.351 e. The monoisotopic (exact) mass is 367 g/mol. The lowest BCUT2D eigenvalue weighted by atomic mass is 9.72. The van der Waals surface area contributed by atoms with Crippen molar-refractivity contribution in [2.45, 2.75) is 44.6 Å². The lowest BCUT2D eigenvalue weighted by Gasteiger charge is -2.30. The van der Waals surface area contributed by atoms with Gasteiger partial charge in [0.05, 0.1) is 0 Å². The number of rotatable bonds is 1. The lowest BCUT2D eigenvalue weighted by molar-refractivity contribution is -0.125. The first kappa shape index (κ1) is 17.2. The molecule has 0 saturated carbocycles. The number of carbonyl (C=O) groups excluding carboxylic acids is 1. The summed E-state index contributed by atoms with van der Waals surface area (Å²) in [5, 5.41) is 3.26. The van der Waals surface area contributed by atoms with Crippen molar-refractivity contribution in [3.8, 4) is 11.1 Å². The van der Waals surface area contributed by atoms with Crippen LogP contribution in [0.3, 0.4) is 0 Å². The third kappa shape index (κ3) is 2.37. The zero-order valence-corrected chi connectivity index (χ0v) is 16.5. The van der Waals surface area contributed by atoms with E-state index in [2.05, 4.69) is 85.9 Å². The Morgan fingerprint density at radius 2 is 1.54 bits per heavy atom. The number of nitrogens with one attached hydrogen (secondary N) is 1. The predicted molar refractivity (Wildman–Crippen MR) is 113 cm³/mol. The normalized spacial score (nSPS) is 16.8. The van der Waals surface area contributed by atoms with Crippen molar-refractivity contribution in [3.63, 3.8) is 0 Å². The van der Waals surface area contributed by atoms with Crippen LogP contribution in [-0.2, 0) is 23.2 Å². The fourth-order valence-corrected chi connectivity index (χ4v) is 5.16. The van der Waals surface area contributed by atoms with Crippen LogP contribution in [0.15, 0.2) is 66.7 Å². The molecule has 0 unspecified atom stereocenters. The van der Waals surface area contributed by atoms with E-state index in [9.17, 15) is 4.79 Å². The number of benzene rings is 3. The van der Waals surface area contributed by atoms with Crippen LogP contribution in [-0.4, -0.2) is 5.91 Å². The molecular formula is C26H25NO. The number of carbonyl (C=O) groups is 1. The van der Waals surface area contributed by atoms with Crippen LogP contribution in [0, 0.1) is 0 Å². The van der Waals surface area contributed by atoms with E-state index in [-0.39, 0.29) is 5.91 Å². The Bertz CT molecular complexity index is 1030. The Kier molecular flexibility index (Phi) is 3.90. The van der Waals surface area contributed by atoms with Gasteiger partial charge in [0.2, 0.25) is 5.91 Å². The second-order valence-electron chi connectivity index (χ2n) is 8.37. The van der Waals surface area contributed by atoms with E-state index in [4.69, 9.17) is 0 Å². The second kappa shape index (κ2) is 6.34. The smallest absolute Gasteiger partial charge is 0.235 e. The van der Waals surface area contributed by atoms with Gasteiger partial charge >= 0.3 is 0 Å². The van der Waals surface area contributed by atoms with Gasteiger partial charge in [-0.1, -0.05) is 80.6 Å². The predicted octanol–water partition coefficient (Wildman–Crippen LogP) is 5.34. The molecule has 2 nitrogen and oxygen atoms in total. The van der Waals surface area contributed by atoms with Gasteiger partial charge in [0.25, 0.3) is 0 Å². The summed E-state index contributed by atoms with van der Waals surface area (Å²) in [6, 6.07) is 23.6. The van der Waals surface area contributed by atoms with Crippen LogP contribution in [0.5, 0.6) is 0 Å². The topological polar surface area (TPSA) is 29.1 Å². The van der Waals surface area contributed by atoms with Crippen LogP contribution < -0.4 is 5.32 Å². The number of fused-ring (bicyclic) bond motifs is 7. The van der Waals surface area contributed by atoms with Crippen LogP contribution in [0.1, 0.15) is 54.0 Å². The summed E-state index contributed by atoms with van der Waals surface area (Å²) in [5.74, 6) is 0.603. The third-order valence-electron chi connectivity index (χ3n) is 6.50. The first-order valence-corrected chi connectivity index (χ1v) is 10.2. The summed E-state index contributed by atoms with van der Waals surface area (Å²) in [5.41, 5.74) is 8.03. The summed E-state index contributed by atoms with van der Waals surface area (Å²) >= 11 is 0. The SMILES string of the molecule is CC(C)c1ccc2cc1CCC1(C(=O)NC2)c2ccccc2-c2ccccc21. The summed E-state index contributed by atoms with van der Waals surface area (Å²) < 4.78 is 0. The summed E-state index contributed by atoms with van der Waals surface area (Å²) in [6.45, 7) is 5.07. The average molecular weight is 367 g/mol. The Morgan fingerprint density at radius 3 is 2.18 bits per heavy atom. The van der Waals surface area contributed by atoms with Gasteiger partial charge in [0, 0.05) is 6.54 Å². The van der Waals surface area contributed by atoms with Gasteiger partial charge in [-0.3, -0.25) is 4.79 Å². The van der Waals surface area contributed by atoms with Crippen molar-refractivity contribution in [2.75, 3.05) is 0 Å². The van der Waals surface area contributed by atoms with Crippen molar-refractivity contribution < 1.29 is 4.79 Å². The highest BCUT2D eigenvalue weighted by Crippen LogP contribution is 2.51. The molecule has 0 fully saturated rings. The molecule has 2 aliphatic rings. The lowest BCUT2D eigenvalue weighted by Crippen LogP contribution is -2.44. The van der Waals surface area contributed by atoms with E-state index in [0.29, 0.717) is 12.5 Å². The van der Waals surface area contributed by atoms with E-state index in [1.807, 2.05) is 0 Å². The maximum Gasteiger partial charge on any atom is 0.235 e. The van der Waals surface area contributed by atoms with Crippen molar-refractivity contribution in [1.82, 2.24) is 5.32 Å². The van der Waals surface area contributed by atoms with E-state index >= 15 is 0 Å². The Labute approximate surface area is 166 Å². The number of aryl methyl sites for hydroxylation is 1. The van der Waals surface area contributed by atoms with E-state index in [1.54, 1.807) is 0 Å². The summed E-state index contributed by atoms with van der Waals surface area (Å²) in [4.78, 5) is 13.7. The summed E-state index contributed by atoms with van der Waals surface area (Å²) in [6.07, 6.45) is 1.69. The van der Waals surface area contributed by atoms with Gasteiger partial charge in [0.1, 0.15) is 5.41 Å². The van der Waals surface area contributed by atoms with Crippen LogP contribution in [0.4, 0.5) is 0 Å². The highest BCUT2D eigenvalue weighted by molar-refractivity contribution is 6.00. The molecule has 140 valence electrons. The number of hydrogen-bond acceptors (Lipinski definition) is 1. The minimum atomic E-state index is -0.617. The molecule has 3 aromatic rings. The van der Waals surface area contributed by atoms with Crippen LogP contribution >= 0.6 is 0 Å². The van der Waals surface area contributed by atoms with Crippen LogP contribution in [0.25, 0.3) is 11.1 Å². The molecule has 1 heterocycles. The van der Waals surface area contributed by atoms with E-state index in [0.717, 1.165) is 24.0 Å². The molecule has 2 heteroatoms. The zero-order chi connectivity index (χ0) is 19.3. The first-order chi connectivity index (χ1) is 13.6. The van der Waals surface area contributed by atoms with Gasteiger partial charge < -0.3 is 5.32 Å². The zero-order valence-electron chi connectivity index (χ0n) is 16.5. The molecule has 1 aliphatic heterocycles. The van der Waals surface area contributed by atoms with Gasteiger partial charge in [0.15, 0.2) is 0 Å². The minimum absolute atomic E-state index is 0.124. The highest BCUT2D eigenvalue weighted by Gasteiger charge is 2.48. The molecule has 0 aromatic heterocycles. The van der Waals surface area contributed by atoms with Gasteiger partial charge in [-0.2, -0.15) is 0 Å². The molecule has 1 N–H and O–H groups in total. The Hall–Kier alpha value is -2.87. The number of hydrogen-bond donors (Lipinski definition) is 1. The molecule has 1 amide bonds. The molecule has 5 rings (SSSR count). The first-order valence-electron chi connectivity index (χ1n) is 10.2. The van der Waals surface area contributed by atoms with E-state index in [1.165, 1.54) is 27.8 Å². The quantitative estimate of drug-likeness (QED) is 0.618. The molecule has 2 bridgehead atoms. The average Bonchev–Trinajstić information content (AvgIpc) is 3.03. The molecule has 0 radical (unpaired) electrons. The van der Waals surface area contributed by atoms with Crippen molar-refractivity contribution in [2.24, 2.45) is 0 Å². The molecule has 0 saturated heterocycles. The largest absolute Gasteiger partial charge is 0.351 e. The van der Waals surface area contributed by atoms with Gasteiger partial charge in [-0.25, -0.2) is 0 Å². The molecule has 3 aromatic carbocycles. The molecular weight excluding hydrogens is 342 g/mol. The molecule has 1 aliphatic carbocycles.